The van der Waals surface area contributed by atoms with E-state index in [1.165, 1.54) is 18.4 Å². The molecule has 41 heavy (non-hydrogen) atoms. The van der Waals surface area contributed by atoms with Crippen molar-refractivity contribution in [1.82, 2.24) is 29.8 Å². The number of ether oxygens (including phenoxy) is 2. The number of fused-ring (bicyclic) bond motifs is 3. The SMILES string of the molecule is CCOc1ccncc1C1(c2ccncc2)C=Cc2[nH]c3ncnc(N[C@H]4CC[C@H](N5CCOCC5)CC4)c3c2C1. The minimum Gasteiger partial charge on any atom is -0.493 e. The molecular formula is C32H37N7O2. The van der Waals surface area contributed by atoms with Gasteiger partial charge in [-0.2, -0.15) is 0 Å². The summed E-state index contributed by atoms with van der Waals surface area (Å²) in [6, 6.07) is 7.20. The van der Waals surface area contributed by atoms with Crippen LogP contribution in [0.15, 0.2) is 55.4 Å². The molecule has 9 heteroatoms. The first kappa shape index (κ1) is 26.1. The number of anilines is 1. The van der Waals surface area contributed by atoms with Crippen molar-refractivity contribution >= 4 is 22.9 Å². The lowest BCUT2D eigenvalue weighted by atomic mass is 9.68. The first-order valence-corrected chi connectivity index (χ1v) is 14.9. The molecule has 7 rings (SSSR count). The summed E-state index contributed by atoms with van der Waals surface area (Å²) in [6.07, 6.45) is 19.0. The van der Waals surface area contributed by atoms with E-state index in [1.807, 2.05) is 31.6 Å². The van der Waals surface area contributed by atoms with Gasteiger partial charge in [0.2, 0.25) is 0 Å². The van der Waals surface area contributed by atoms with Gasteiger partial charge in [0.15, 0.2) is 0 Å². The van der Waals surface area contributed by atoms with Gasteiger partial charge in [0.1, 0.15) is 23.5 Å². The van der Waals surface area contributed by atoms with E-state index >= 15 is 0 Å². The lowest BCUT2D eigenvalue weighted by Gasteiger charge is -2.39. The molecule has 5 heterocycles. The van der Waals surface area contributed by atoms with Crippen molar-refractivity contribution in [3.8, 4) is 5.75 Å². The van der Waals surface area contributed by atoms with E-state index in [0.29, 0.717) is 18.7 Å². The average molecular weight is 552 g/mol. The molecule has 0 spiro atoms. The third-order valence-corrected chi connectivity index (χ3v) is 9.07. The minimum absolute atomic E-state index is 0.392. The molecule has 2 fully saturated rings. The van der Waals surface area contributed by atoms with Crippen LogP contribution in [0.3, 0.4) is 0 Å². The number of aromatic amines is 1. The summed E-state index contributed by atoms with van der Waals surface area (Å²) in [4.78, 5) is 24.5. The summed E-state index contributed by atoms with van der Waals surface area (Å²) in [6.45, 7) is 6.42. The van der Waals surface area contributed by atoms with E-state index in [4.69, 9.17) is 14.5 Å². The zero-order valence-corrected chi connectivity index (χ0v) is 23.6. The Morgan fingerprint density at radius 1 is 1.05 bits per heavy atom. The molecule has 1 saturated carbocycles. The van der Waals surface area contributed by atoms with E-state index in [-0.39, 0.29) is 0 Å². The Hall–Kier alpha value is -3.82. The molecule has 1 unspecified atom stereocenters. The van der Waals surface area contributed by atoms with E-state index in [2.05, 4.69) is 54.4 Å². The summed E-state index contributed by atoms with van der Waals surface area (Å²) >= 11 is 0. The lowest BCUT2D eigenvalue weighted by Crippen LogP contribution is -2.46. The lowest BCUT2D eigenvalue weighted by molar-refractivity contribution is 0.00791. The number of hydrogen-bond donors (Lipinski definition) is 2. The molecule has 1 saturated heterocycles. The molecule has 2 aliphatic carbocycles. The fraction of sp³-hybridized carbons (Fsp3) is 0.438. The second kappa shape index (κ2) is 11.2. The quantitative estimate of drug-likeness (QED) is 0.339. The summed E-state index contributed by atoms with van der Waals surface area (Å²) in [5.74, 6) is 1.76. The highest BCUT2D eigenvalue weighted by atomic mass is 16.5. The van der Waals surface area contributed by atoms with Gasteiger partial charge in [-0.3, -0.25) is 14.9 Å². The number of rotatable bonds is 7. The fourth-order valence-electron chi connectivity index (χ4n) is 7.01. The largest absolute Gasteiger partial charge is 0.493 e. The number of H-pyrrole nitrogens is 1. The van der Waals surface area contributed by atoms with Gasteiger partial charge in [-0.1, -0.05) is 6.08 Å². The van der Waals surface area contributed by atoms with Gasteiger partial charge in [0.25, 0.3) is 0 Å². The van der Waals surface area contributed by atoms with Crippen molar-refractivity contribution in [2.75, 3.05) is 38.2 Å². The second-order valence-electron chi connectivity index (χ2n) is 11.3. The number of hydrogen-bond acceptors (Lipinski definition) is 8. The predicted molar refractivity (Wildman–Crippen MR) is 159 cm³/mol. The number of morpholine rings is 1. The maximum atomic E-state index is 6.13. The monoisotopic (exact) mass is 551 g/mol. The van der Waals surface area contributed by atoms with E-state index in [1.54, 1.807) is 12.5 Å². The van der Waals surface area contributed by atoms with Crippen LogP contribution in [0, 0.1) is 0 Å². The van der Waals surface area contributed by atoms with Gasteiger partial charge >= 0.3 is 0 Å². The van der Waals surface area contributed by atoms with Crippen LogP contribution in [0.2, 0.25) is 0 Å². The molecule has 3 aliphatic rings. The number of nitrogens with one attached hydrogen (secondary N) is 2. The Morgan fingerprint density at radius 2 is 1.85 bits per heavy atom. The van der Waals surface area contributed by atoms with Crippen molar-refractivity contribution in [3.63, 3.8) is 0 Å². The zero-order chi connectivity index (χ0) is 27.6. The molecule has 9 nitrogen and oxygen atoms in total. The Bertz CT molecular complexity index is 1520. The summed E-state index contributed by atoms with van der Waals surface area (Å²) in [5, 5.41) is 4.91. The third-order valence-electron chi connectivity index (χ3n) is 9.07. The standard InChI is InChI=1S/C32H37N7O2/c1-2-41-28-10-14-34-20-26(28)32(22-8-12-33-13-9-22)11-7-27-25(19-32)29-30(35-21-36-31(29)38-27)37-23-3-5-24(6-4-23)39-15-17-40-18-16-39/h7-14,20-21,23-24H,2-6,15-19H2,1H3,(H2,35,36,37,38)/t23-,24-,32?. The van der Waals surface area contributed by atoms with Crippen molar-refractivity contribution in [2.24, 2.45) is 0 Å². The zero-order valence-electron chi connectivity index (χ0n) is 23.6. The Morgan fingerprint density at radius 3 is 2.66 bits per heavy atom. The van der Waals surface area contributed by atoms with Crippen LogP contribution in [0.5, 0.6) is 5.75 Å². The highest BCUT2D eigenvalue weighted by Gasteiger charge is 2.39. The first-order chi connectivity index (χ1) is 20.2. The van der Waals surface area contributed by atoms with Crippen LogP contribution in [0.4, 0.5) is 5.82 Å². The normalized spacial score (nSPS) is 24.7. The molecule has 4 aromatic rings. The summed E-state index contributed by atoms with van der Waals surface area (Å²) < 4.78 is 11.7. The minimum atomic E-state index is -0.479. The van der Waals surface area contributed by atoms with Crippen molar-refractivity contribution in [1.29, 1.82) is 0 Å². The van der Waals surface area contributed by atoms with E-state index in [0.717, 1.165) is 85.0 Å². The molecule has 0 amide bonds. The van der Waals surface area contributed by atoms with E-state index < -0.39 is 5.41 Å². The van der Waals surface area contributed by atoms with Crippen LogP contribution < -0.4 is 10.1 Å². The summed E-state index contributed by atoms with van der Waals surface area (Å²) in [7, 11) is 0. The van der Waals surface area contributed by atoms with Gasteiger partial charge in [-0.05, 0) is 74.4 Å². The summed E-state index contributed by atoms with van der Waals surface area (Å²) in [5.41, 5.74) is 4.85. The molecule has 212 valence electrons. The van der Waals surface area contributed by atoms with Gasteiger partial charge in [-0.25, -0.2) is 9.97 Å². The van der Waals surface area contributed by atoms with Crippen LogP contribution in [0.25, 0.3) is 17.1 Å². The number of pyridine rings is 2. The van der Waals surface area contributed by atoms with Crippen LogP contribution >= 0.6 is 0 Å². The van der Waals surface area contributed by atoms with E-state index in [9.17, 15) is 0 Å². The number of aromatic nitrogens is 5. The third kappa shape index (κ3) is 4.87. The topological polar surface area (TPSA) is 101 Å². The highest BCUT2D eigenvalue weighted by molar-refractivity contribution is 5.94. The molecule has 0 aromatic carbocycles. The van der Waals surface area contributed by atoms with Crippen LogP contribution in [0.1, 0.15) is 55.0 Å². The first-order valence-electron chi connectivity index (χ1n) is 14.9. The average Bonchev–Trinajstić information content (AvgIpc) is 3.41. The molecular weight excluding hydrogens is 514 g/mol. The van der Waals surface area contributed by atoms with Gasteiger partial charge in [0.05, 0.1) is 25.2 Å². The highest BCUT2D eigenvalue weighted by Crippen LogP contribution is 2.47. The van der Waals surface area contributed by atoms with Crippen molar-refractivity contribution in [2.45, 2.75) is 56.5 Å². The maximum Gasteiger partial charge on any atom is 0.143 e. The smallest absolute Gasteiger partial charge is 0.143 e. The Labute approximate surface area is 240 Å². The van der Waals surface area contributed by atoms with Gasteiger partial charge in [-0.15, -0.1) is 0 Å². The van der Waals surface area contributed by atoms with Crippen molar-refractivity contribution < 1.29 is 9.47 Å². The van der Waals surface area contributed by atoms with Crippen molar-refractivity contribution in [3.05, 3.63) is 77.8 Å². The molecule has 1 aliphatic heterocycles. The Kier molecular flexibility index (Phi) is 7.14. The molecule has 0 radical (unpaired) electrons. The predicted octanol–water partition coefficient (Wildman–Crippen LogP) is 4.76. The fourth-order valence-corrected chi connectivity index (χ4v) is 7.01. The van der Waals surface area contributed by atoms with Gasteiger partial charge < -0.3 is 19.8 Å². The number of allylic oxidation sites excluding steroid dienone is 1. The van der Waals surface area contributed by atoms with Gasteiger partial charge in [0, 0.05) is 66.6 Å². The maximum absolute atomic E-state index is 6.13. The molecule has 4 aromatic heterocycles. The molecule has 0 bridgehead atoms. The number of nitrogens with zero attached hydrogens (tertiary/aromatic N) is 5. The molecule has 2 N–H and O–H groups in total. The van der Waals surface area contributed by atoms with Crippen LogP contribution in [-0.4, -0.2) is 74.8 Å². The molecule has 1 atom stereocenters. The Balaban J connectivity index is 1.23. The van der Waals surface area contributed by atoms with Crippen LogP contribution in [-0.2, 0) is 16.6 Å². The second-order valence-corrected chi connectivity index (χ2v) is 11.3.